The van der Waals surface area contributed by atoms with Crippen molar-refractivity contribution in [1.82, 2.24) is 20.9 Å². The summed E-state index contributed by atoms with van der Waals surface area (Å²) < 4.78 is 10.5. The van der Waals surface area contributed by atoms with Crippen LogP contribution in [0.25, 0.3) is 0 Å². The van der Waals surface area contributed by atoms with Gasteiger partial charge >= 0.3 is 6.09 Å². The standard InChI is InChI=1S/C19H33N5O4.HI/c1-19(2,3)28-18(26)22-11-7-10-20-17(23-14-16(25)24(4)5)21-12-9-15-8-6-13-27-15;/h6,8,13H,7,9-12,14H2,1-5H3,(H,22,26)(H2,20,21,23);1H. The number of nitrogens with one attached hydrogen (secondary N) is 3. The first-order valence-electron chi connectivity index (χ1n) is 9.39. The van der Waals surface area contributed by atoms with Gasteiger partial charge in [-0.3, -0.25) is 4.79 Å². The maximum absolute atomic E-state index is 11.8. The zero-order valence-corrected chi connectivity index (χ0v) is 20.2. The topological polar surface area (TPSA) is 108 Å². The van der Waals surface area contributed by atoms with E-state index >= 15 is 0 Å². The monoisotopic (exact) mass is 523 g/mol. The molecule has 1 heterocycles. The van der Waals surface area contributed by atoms with E-state index in [1.165, 1.54) is 4.90 Å². The fraction of sp³-hybridized carbons (Fsp3) is 0.632. The van der Waals surface area contributed by atoms with Gasteiger partial charge in [0.05, 0.1) is 6.26 Å². The average Bonchev–Trinajstić information content (AvgIpc) is 3.10. The van der Waals surface area contributed by atoms with E-state index in [9.17, 15) is 9.59 Å². The molecule has 0 aliphatic rings. The molecule has 0 fully saturated rings. The Kier molecular flexibility index (Phi) is 13.1. The first kappa shape index (κ1) is 27.0. The summed E-state index contributed by atoms with van der Waals surface area (Å²) >= 11 is 0. The highest BCUT2D eigenvalue weighted by atomic mass is 127. The number of nitrogens with zero attached hydrogens (tertiary/aromatic N) is 2. The lowest BCUT2D eigenvalue weighted by atomic mass is 10.2. The van der Waals surface area contributed by atoms with Gasteiger partial charge in [-0.25, -0.2) is 9.79 Å². The van der Waals surface area contributed by atoms with Gasteiger partial charge in [-0.1, -0.05) is 0 Å². The van der Waals surface area contributed by atoms with E-state index in [-0.39, 0.29) is 36.4 Å². The third-order valence-corrected chi connectivity index (χ3v) is 3.43. The van der Waals surface area contributed by atoms with Crippen molar-refractivity contribution in [1.29, 1.82) is 0 Å². The molecule has 0 spiro atoms. The SMILES string of the molecule is CN(C)C(=O)CN=C(NCCCNC(=O)OC(C)(C)C)NCCc1ccco1.I. The van der Waals surface area contributed by atoms with Crippen LogP contribution in [0.2, 0.25) is 0 Å². The molecule has 0 radical (unpaired) electrons. The van der Waals surface area contributed by atoms with Gasteiger partial charge in [-0.05, 0) is 39.3 Å². The molecule has 1 aromatic heterocycles. The Hall–Kier alpha value is -1.98. The number of hydrogen-bond acceptors (Lipinski definition) is 5. The molecule has 0 saturated heterocycles. The number of guanidine groups is 1. The molecule has 1 aromatic rings. The number of carbonyl (C=O) groups excluding carboxylic acids is 2. The second-order valence-electron chi connectivity index (χ2n) is 7.42. The van der Waals surface area contributed by atoms with Gasteiger partial charge in [-0.15, -0.1) is 24.0 Å². The first-order chi connectivity index (χ1) is 13.2. The van der Waals surface area contributed by atoms with Gasteiger partial charge in [0.1, 0.15) is 17.9 Å². The lowest BCUT2D eigenvalue weighted by molar-refractivity contribution is -0.127. The second kappa shape index (κ2) is 14.1. The van der Waals surface area contributed by atoms with Crippen molar-refractivity contribution in [2.24, 2.45) is 4.99 Å². The molecule has 3 N–H and O–H groups in total. The largest absolute Gasteiger partial charge is 0.469 e. The zero-order valence-electron chi connectivity index (χ0n) is 17.9. The van der Waals surface area contributed by atoms with E-state index in [1.54, 1.807) is 20.4 Å². The number of amides is 2. The molecule has 0 aliphatic carbocycles. The van der Waals surface area contributed by atoms with E-state index in [1.807, 2.05) is 32.9 Å². The number of halogens is 1. The van der Waals surface area contributed by atoms with Gasteiger partial charge in [0.25, 0.3) is 0 Å². The molecule has 0 unspecified atom stereocenters. The Morgan fingerprint density at radius 1 is 1.14 bits per heavy atom. The van der Waals surface area contributed by atoms with Crippen LogP contribution >= 0.6 is 24.0 Å². The van der Waals surface area contributed by atoms with E-state index < -0.39 is 11.7 Å². The van der Waals surface area contributed by atoms with Crippen molar-refractivity contribution in [3.8, 4) is 0 Å². The molecule has 10 heteroatoms. The van der Waals surface area contributed by atoms with E-state index in [0.717, 1.165) is 5.76 Å². The minimum atomic E-state index is -0.515. The van der Waals surface area contributed by atoms with Crippen LogP contribution in [0.3, 0.4) is 0 Å². The van der Waals surface area contributed by atoms with E-state index in [4.69, 9.17) is 9.15 Å². The predicted molar refractivity (Wildman–Crippen MR) is 124 cm³/mol. The number of furan rings is 1. The maximum Gasteiger partial charge on any atom is 0.407 e. The Morgan fingerprint density at radius 2 is 1.79 bits per heavy atom. The highest BCUT2D eigenvalue weighted by Gasteiger charge is 2.15. The van der Waals surface area contributed by atoms with Crippen LogP contribution in [0, 0.1) is 0 Å². The number of rotatable bonds is 9. The molecule has 166 valence electrons. The molecule has 0 aliphatic heterocycles. The van der Waals surface area contributed by atoms with Gasteiger partial charge < -0.3 is 30.0 Å². The molecule has 1 rings (SSSR count). The lowest BCUT2D eigenvalue weighted by Gasteiger charge is -2.19. The molecular formula is C19H34IN5O4. The second-order valence-corrected chi connectivity index (χ2v) is 7.42. The van der Waals surface area contributed by atoms with Gasteiger partial charge in [0, 0.05) is 40.2 Å². The molecule has 0 aromatic carbocycles. The predicted octanol–water partition coefficient (Wildman–Crippen LogP) is 1.98. The maximum atomic E-state index is 11.8. The summed E-state index contributed by atoms with van der Waals surface area (Å²) in [5, 5.41) is 9.05. The molecule has 2 amide bonds. The minimum Gasteiger partial charge on any atom is -0.469 e. The average molecular weight is 523 g/mol. The Labute approximate surface area is 190 Å². The van der Waals surface area contributed by atoms with Crippen molar-refractivity contribution >= 4 is 41.9 Å². The van der Waals surface area contributed by atoms with Crippen LogP contribution in [0.1, 0.15) is 33.0 Å². The van der Waals surface area contributed by atoms with E-state index in [0.29, 0.717) is 38.4 Å². The molecule has 0 atom stereocenters. The fourth-order valence-corrected chi connectivity index (χ4v) is 2.02. The van der Waals surface area contributed by atoms with Crippen molar-refractivity contribution < 1.29 is 18.7 Å². The van der Waals surface area contributed by atoms with Crippen LogP contribution in [0.5, 0.6) is 0 Å². The Balaban J connectivity index is 0.00000784. The number of ether oxygens (including phenoxy) is 1. The molecule has 9 nitrogen and oxygen atoms in total. The van der Waals surface area contributed by atoms with Crippen molar-refractivity contribution in [2.75, 3.05) is 40.3 Å². The summed E-state index contributed by atoms with van der Waals surface area (Å²) in [5.74, 6) is 1.33. The summed E-state index contributed by atoms with van der Waals surface area (Å²) in [6.07, 6.45) is 2.58. The molecular weight excluding hydrogens is 489 g/mol. The highest BCUT2D eigenvalue weighted by molar-refractivity contribution is 14.0. The van der Waals surface area contributed by atoms with E-state index in [2.05, 4.69) is 20.9 Å². The van der Waals surface area contributed by atoms with Crippen LogP contribution in [0.4, 0.5) is 4.79 Å². The number of carbonyl (C=O) groups is 2. The summed E-state index contributed by atoms with van der Waals surface area (Å²) in [6, 6.07) is 3.75. The van der Waals surface area contributed by atoms with Crippen LogP contribution in [0.15, 0.2) is 27.8 Å². The normalized spacial score (nSPS) is 11.3. The Morgan fingerprint density at radius 3 is 2.38 bits per heavy atom. The molecule has 0 saturated carbocycles. The van der Waals surface area contributed by atoms with Crippen molar-refractivity contribution in [3.05, 3.63) is 24.2 Å². The minimum absolute atomic E-state index is 0. The molecule has 29 heavy (non-hydrogen) atoms. The lowest BCUT2D eigenvalue weighted by Crippen LogP contribution is -2.41. The summed E-state index contributed by atoms with van der Waals surface area (Å²) in [7, 11) is 3.38. The van der Waals surface area contributed by atoms with Crippen molar-refractivity contribution in [3.63, 3.8) is 0 Å². The highest BCUT2D eigenvalue weighted by Crippen LogP contribution is 2.06. The third kappa shape index (κ3) is 13.8. The zero-order chi connectivity index (χ0) is 21.0. The van der Waals surface area contributed by atoms with Crippen LogP contribution in [-0.2, 0) is 16.0 Å². The summed E-state index contributed by atoms with van der Waals surface area (Å²) in [4.78, 5) is 29.2. The molecule has 0 bridgehead atoms. The fourth-order valence-electron chi connectivity index (χ4n) is 2.02. The Bertz CT molecular complexity index is 627. The third-order valence-electron chi connectivity index (χ3n) is 3.43. The van der Waals surface area contributed by atoms with Crippen LogP contribution < -0.4 is 16.0 Å². The summed E-state index contributed by atoms with van der Waals surface area (Å²) in [5.41, 5.74) is -0.515. The quantitative estimate of drug-likeness (QED) is 0.198. The van der Waals surface area contributed by atoms with Gasteiger partial charge in [-0.2, -0.15) is 0 Å². The van der Waals surface area contributed by atoms with Crippen LogP contribution in [-0.4, -0.2) is 68.7 Å². The number of hydrogen-bond donors (Lipinski definition) is 3. The number of aliphatic imine (C=N–C) groups is 1. The smallest absolute Gasteiger partial charge is 0.407 e. The summed E-state index contributed by atoms with van der Waals surface area (Å²) in [6.45, 7) is 7.18. The van der Waals surface area contributed by atoms with Gasteiger partial charge in [0.15, 0.2) is 5.96 Å². The van der Waals surface area contributed by atoms with Crippen molar-refractivity contribution in [2.45, 2.75) is 39.2 Å². The van der Waals surface area contributed by atoms with Gasteiger partial charge in [0.2, 0.25) is 5.91 Å². The number of alkyl carbamates (subject to hydrolysis) is 1. The first-order valence-corrected chi connectivity index (χ1v) is 9.39. The number of likely N-dealkylation sites (N-methyl/N-ethyl adjacent to an activating group) is 1.